The molecule has 20 heavy (non-hydrogen) atoms. The molecule has 1 amide bonds. The van der Waals surface area contributed by atoms with Crippen molar-refractivity contribution in [3.05, 3.63) is 17.3 Å². The lowest BCUT2D eigenvalue weighted by molar-refractivity contribution is -0.119. The molecule has 108 valence electrons. The van der Waals surface area contributed by atoms with Crippen LogP contribution in [0.15, 0.2) is 12.4 Å². The second kappa shape index (κ2) is 6.17. The maximum atomic E-state index is 11.6. The van der Waals surface area contributed by atoms with Crippen molar-refractivity contribution >= 4 is 33.3 Å². The smallest absolute Gasteiger partial charge is 0.240 e. The first kappa shape index (κ1) is 14.7. The van der Waals surface area contributed by atoms with Crippen LogP contribution in [-0.2, 0) is 11.2 Å². The van der Waals surface area contributed by atoms with Crippen LogP contribution in [0, 0.1) is 5.92 Å². The Morgan fingerprint density at radius 3 is 2.80 bits per heavy atom. The molecule has 6 heteroatoms. The van der Waals surface area contributed by atoms with Crippen LogP contribution in [-0.4, -0.2) is 21.9 Å². The summed E-state index contributed by atoms with van der Waals surface area (Å²) in [4.78, 5) is 22.4. The van der Waals surface area contributed by atoms with Gasteiger partial charge in [0.25, 0.3) is 0 Å². The van der Waals surface area contributed by atoms with Crippen LogP contribution >= 0.6 is 11.3 Å². The predicted molar refractivity (Wildman–Crippen MR) is 82.9 cm³/mol. The van der Waals surface area contributed by atoms with Crippen LogP contribution in [0.5, 0.6) is 0 Å². The lowest BCUT2D eigenvalue weighted by Crippen LogP contribution is -2.40. The third-order valence-electron chi connectivity index (χ3n) is 3.54. The highest BCUT2D eigenvalue weighted by molar-refractivity contribution is 7.18. The van der Waals surface area contributed by atoms with Crippen molar-refractivity contribution in [2.24, 2.45) is 11.7 Å². The maximum absolute atomic E-state index is 11.6. The number of nitrogens with one attached hydrogen (secondary N) is 1. The zero-order valence-electron chi connectivity index (χ0n) is 12.0. The van der Waals surface area contributed by atoms with Crippen molar-refractivity contribution in [2.45, 2.75) is 39.7 Å². The van der Waals surface area contributed by atoms with E-state index >= 15 is 0 Å². The van der Waals surface area contributed by atoms with Crippen LogP contribution in [0.25, 0.3) is 10.2 Å². The number of aryl methyl sites for hydroxylation is 1. The van der Waals surface area contributed by atoms with E-state index in [1.54, 1.807) is 11.3 Å². The molecule has 0 saturated carbocycles. The van der Waals surface area contributed by atoms with Crippen LogP contribution < -0.4 is 11.1 Å². The Morgan fingerprint density at radius 2 is 2.20 bits per heavy atom. The van der Waals surface area contributed by atoms with Gasteiger partial charge >= 0.3 is 0 Å². The first-order valence-electron chi connectivity index (χ1n) is 6.86. The van der Waals surface area contributed by atoms with E-state index in [2.05, 4.69) is 28.3 Å². The Kier molecular flexibility index (Phi) is 4.54. The first-order chi connectivity index (χ1) is 9.56. The van der Waals surface area contributed by atoms with Crippen molar-refractivity contribution in [3.63, 3.8) is 0 Å². The number of aromatic nitrogens is 2. The lowest BCUT2D eigenvalue weighted by Gasteiger charge is -2.21. The van der Waals surface area contributed by atoms with E-state index in [1.165, 1.54) is 11.2 Å². The van der Waals surface area contributed by atoms with E-state index in [9.17, 15) is 4.79 Å². The number of fused-ring (bicyclic) bond motifs is 1. The summed E-state index contributed by atoms with van der Waals surface area (Å²) in [6, 6.07) is 1.67. The van der Waals surface area contributed by atoms with Crippen molar-refractivity contribution in [1.29, 1.82) is 0 Å². The van der Waals surface area contributed by atoms with Gasteiger partial charge in [-0.2, -0.15) is 0 Å². The third-order valence-corrected chi connectivity index (χ3v) is 4.73. The molecule has 0 saturated heterocycles. The fraction of sp³-hybridized carbons (Fsp3) is 0.500. The molecule has 2 rings (SSSR count). The first-order valence-corrected chi connectivity index (χ1v) is 7.67. The summed E-state index contributed by atoms with van der Waals surface area (Å²) >= 11 is 1.65. The minimum Gasteiger partial charge on any atom is -0.368 e. The van der Waals surface area contributed by atoms with E-state index in [4.69, 9.17) is 5.73 Å². The van der Waals surface area contributed by atoms with Crippen LogP contribution in [0.1, 0.15) is 32.1 Å². The number of hydrogen-bond donors (Lipinski definition) is 2. The number of thiophene rings is 1. The summed E-state index contributed by atoms with van der Waals surface area (Å²) in [5.41, 5.74) is 5.49. The molecule has 2 heterocycles. The van der Waals surface area contributed by atoms with Gasteiger partial charge < -0.3 is 11.1 Å². The fourth-order valence-electron chi connectivity index (χ4n) is 2.07. The largest absolute Gasteiger partial charge is 0.368 e. The fourth-order valence-corrected chi connectivity index (χ4v) is 3.01. The Hall–Kier alpha value is -1.69. The summed E-state index contributed by atoms with van der Waals surface area (Å²) in [6.45, 7) is 6.15. The van der Waals surface area contributed by atoms with E-state index in [-0.39, 0.29) is 11.8 Å². The Labute approximate surface area is 122 Å². The van der Waals surface area contributed by atoms with Crippen LogP contribution in [0.3, 0.4) is 0 Å². The molecule has 0 aliphatic carbocycles. The number of primary amides is 1. The molecule has 2 aromatic heterocycles. The van der Waals surface area contributed by atoms with Gasteiger partial charge in [-0.05, 0) is 18.4 Å². The zero-order valence-corrected chi connectivity index (χ0v) is 12.8. The number of nitrogens with zero attached hydrogens (tertiary/aromatic N) is 2. The van der Waals surface area contributed by atoms with Gasteiger partial charge in [-0.15, -0.1) is 11.3 Å². The van der Waals surface area contributed by atoms with E-state index in [0.29, 0.717) is 5.82 Å². The summed E-state index contributed by atoms with van der Waals surface area (Å²) in [5.74, 6) is 0.494. The standard InChI is InChI=1S/C14H20N4OS/c1-4-8(3)11(12(15)19)18-13-10-6-9(5-2)20-14(10)17-7-16-13/h6-8,11H,4-5H2,1-3H3,(H2,15,19)(H,16,17,18)/t8-,11+/m1/s1. The van der Waals surface area contributed by atoms with Gasteiger partial charge in [0.15, 0.2) is 0 Å². The van der Waals surface area contributed by atoms with Crippen LogP contribution in [0.2, 0.25) is 0 Å². The minimum absolute atomic E-state index is 0.154. The normalized spacial score (nSPS) is 14.2. The molecule has 3 N–H and O–H groups in total. The highest BCUT2D eigenvalue weighted by atomic mass is 32.1. The van der Waals surface area contributed by atoms with Crippen LogP contribution in [0.4, 0.5) is 5.82 Å². The molecular weight excluding hydrogens is 272 g/mol. The number of amides is 1. The maximum Gasteiger partial charge on any atom is 0.240 e. The molecule has 0 aliphatic rings. The Bertz CT molecular complexity index is 610. The molecule has 2 atom stereocenters. The number of carbonyl (C=O) groups excluding carboxylic acids is 1. The van der Waals surface area contributed by atoms with Gasteiger partial charge in [-0.3, -0.25) is 4.79 Å². The number of hydrogen-bond acceptors (Lipinski definition) is 5. The van der Waals surface area contributed by atoms with Gasteiger partial charge in [0.05, 0.1) is 5.39 Å². The van der Waals surface area contributed by atoms with E-state index in [0.717, 1.165) is 23.1 Å². The molecule has 0 fully saturated rings. The summed E-state index contributed by atoms with van der Waals surface area (Å²) in [6.07, 6.45) is 3.36. The SMILES string of the molecule is CCc1cc2c(N[C@H](C(N)=O)[C@H](C)CC)ncnc2s1. The Balaban J connectivity index is 2.36. The average Bonchev–Trinajstić information content (AvgIpc) is 2.87. The van der Waals surface area contributed by atoms with Gasteiger partial charge in [0.1, 0.15) is 23.0 Å². The number of carbonyl (C=O) groups is 1. The summed E-state index contributed by atoms with van der Waals surface area (Å²) < 4.78 is 0. The highest BCUT2D eigenvalue weighted by Crippen LogP contribution is 2.29. The molecule has 0 unspecified atom stereocenters. The molecule has 0 radical (unpaired) electrons. The quantitative estimate of drug-likeness (QED) is 0.857. The molecular formula is C14H20N4OS. The van der Waals surface area contributed by atoms with Crippen molar-refractivity contribution in [1.82, 2.24) is 9.97 Å². The van der Waals surface area contributed by atoms with Gasteiger partial charge in [-0.25, -0.2) is 9.97 Å². The third kappa shape index (κ3) is 2.90. The van der Waals surface area contributed by atoms with E-state index < -0.39 is 6.04 Å². The number of rotatable bonds is 6. The second-order valence-electron chi connectivity index (χ2n) is 4.92. The summed E-state index contributed by atoms with van der Waals surface area (Å²) in [5, 5.41) is 4.15. The average molecular weight is 292 g/mol. The van der Waals surface area contributed by atoms with Crippen molar-refractivity contribution < 1.29 is 4.79 Å². The second-order valence-corrected chi connectivity index (χ2v) is 6.03. The van der Waals surface area contributed by atoms with Crippen molar-refractivity contribution in [3.8, 4) is 0 Å². The lowest BCUT2D eigenvalue weighted by atomic mass is 9.98. The molecule has 0 aliphatic heterocycles. The monoisotopic (exact) mass is 292 g/mol. The molecule has 0 aromatic carbocycles. The minimum atomic E-state index is -0.414. The molecule has 5 nitrogen and oxygen atoms in total. The topological polar surface area (TPSA) is 80.9 Å². The van der Waals surface area contributed by atoms with Gasteiger partial charge in [-0.1, -0.05) is 27.2 Å². The molecule has 0 bridgehead atoms. The predicted octanol–water partition coefficient (Wildman–Crippen LogP) is 2.57. The Morgan fingerprint density at radius 1 is 1.45 bits per heavy atom. The highest BCUT2D eigenvalue weighted by Gasteiger charge is 2.23. The number of nitrogens with two attached hydrogens (primary N) is 1. The summed E-state index contributed by atoms with van der Waals surface area (Å²) in [7, 11) is 0. The number of anilines is 1. The molecule has 2 aromatic rings. The van der Waals surface area contributed by atoms with E-state index in [1.807, 2.05) is 13.8 Å². The van der Waals surface area contributed by atoms with Gasteiger partial charge in [0, 0.05) is 4.88 Å². The van der Waals surface area contributed by atoms with Gasteiger partial charge in [0.2, 0.25) is 5.91 Å². The van der Waals surface area contributed by atoms with Crippen molar-refractivity contribution in [2.75, 3.05) is 5.32 Å². The molecule has 0 spiro atoms. The zero-order chi connectivity index (χ0) is 14.7.